The van der Waals surface area contributed by atoms with Crippen LogP contribution in [0.5, 0.6) is 0 Å². The van der Waals surface area contributed by atoms with Crippen LogP contribution in [0.3, 0.4) is 0 Å². The predicted molar refractivity (Wildman–Crippen MR) is 120 cm³/mol. The van der Waals surface area contributed by atoms with E-state index in [4.69, 9.17) is 0 Å². The minimum absolute atomic E-state index is 0.664. The largest absolute Gasteiger partial charge is 0.236 e. The van der Waals surface area contributed by atoms with E-state index in [9.17, 15) is 0 Å². The number of aromatic nitrogens is 2. The van der Waals surface area contributed by atoms with Crippen LogP contribution in [-0.4, -0.2) is 9.97 Å². The van der Waals surface area contributed by atoms with E-state index in [2.05, 4.69) is 60.5 Å². The average Bonchev–Trinajstić information content (AvgIpc) is 2.75. The lowest BCUT2D eigenvalue weighted by atomic mass is 9.77. The molecule has 0 bridgehead atoms. The minimum atomic E-state index is 0.664. The second-order valence-corrected chi connectivity index (χ2v) is 8.71. The first-order valence-corrected chi connectivity index (χ1v) is 11.7. The van der Waals surface area contributed by atoms with Crippen molar-refractivity contribution in [2.75, 3.05) is 0 Å². The second kappa shape index (κ2) is 11.3. The molecule has 0 saturated heterocycles. The highest BCUT2D eigenvalue weighted by molar-refractivity contribution is 5.55. The van der Waals surface area contributed by atoms with Gasteiger partial charge in [0.05, 0.1) is 0 Å². The summed E-state index contributed by atoms with van der Waals surface area (Å²) in [7, 11) is 0. The van der Waals surface area contributed by atoms with Gasteiger partial charge in [-0.05, 0) is 55.1 Å². The van der Waals surface area contributed by atoms with E-state index >= 15 is 0 Å². The first-order chi connectivity index (χ1) is 13.8. The highest BCUT2D eigenvalue weighted by Gasteiger charge is 2.22. The van der Waals surface area contributed by atoms with Crippen molar-refractivity contribution in [2.45, 2.75) is 96.8 Å². The molecule has 2 heteroatoms. The van der Waals surface area contributed by atoms with Crippen LogP contribution >= 0.6 is 0 Å². The van der Waals surface area contributed by atoms with E-state index in [1.807, 2.05) is 0 Å². The summed E-state index contributed by atoms with van der Waals surface area (Å²) < 4.78 is 0. The zero-order chi connectivity index (χ0) is 19.6. The van der Waals surface area contributed by atoms with Crippen LogP contribution in [0.15, 0.2) is 36.7 Å². The molecule has 1 aliphatic carbocycles. The van der Waals surface area contributed by atoms with Gasteiger partial charge in [0.2, 0.25) is 0 Å². The fourth-order valence-electron chi connectivity index (χ4n) is 4.63. The molecule has 0 amide bonds. The molecule has 1 aromatic carbocycles. The normalized spacial score (nSPS) is 19.6. The highest BCUT2D eigenvalue weighted by Crippen LogP contribution is 2.37. The Morgan fingerprint density at radius 1 is 0.786 bits per heavy atom. The Kier molecular flexibility index (Phi) is 8.51. The first kappa shape index (κ1) is 21.0. The number of nitrogens with zero attached hydrogens (tertiary/aromatic N) is 2. The third-order valence-electron chi connectivity index (χ3n) is 6.46. The van der Waals surface area contributed by atoms with Crippen molar-refractivity contribution in [3.05, 3.63) is 47.8 Å². The Hall–Kier alpha value is -1.70. The van der Waals surface area contributed by atoms with Gasteiger partial charge in [-0.1, -0.05) is 83.1 Å². The first-order valence-electron chi connectivity index (χ1n) is 11.7. The molecule has 0 N–H and O–H groups in total. The summed E-state index contributed by atoms with van der Waals surface area (Å²) in [6, 6.07) is 8.73. The summed E-state index contributed by atoms with van der Waals surface area (Å²) in [4.78, 5) is 9.37. The van der Waals surface area contributed by atoms with E-state index in [1.165, 1.54) is 81.8 Å². The zero-order valence-corrected chi connectivity index (χ0v) is 18.0. The molecular weight excluding hydrogens is 340 g/mol. The van der Waals surface area contributed by atoms with Crippen LogP contribution in [0.4, 0.5) is 0 Å². The number of hydrogen-bond acceptors (Lipinski definition) is 2. The maximum absolute atomic E-state index is 4.69. The van der Waals surface area contributed by atoms with Gasteiger partial charge in [0.15, 0.2) is 5.82 Å². The molecule has 0 spiro atoms. The van der Waals surface area contributed by atoms with Gasteiger partial charge in [-0.15, -0.1) is 0 Å². The molecule has 1 aromatic heterocycles. The molecule has 3 rings (SSSR count). The number of rotatable bonds is 10. The SMILES string of the molecule is CCCCCCC[C@H]1CC[C@H](c2cnc(-c3ccc(CCC)cc3)nc2)CC1. The molecule has 0 unspecified atom stereocenters. The quantitative estimate of drug-likeness (QED) is 0.395. The van der Waals surface area contributed by atoms with Crippen molar-refractivity contribution in [3.8, 4) is 11.4 Å². The van der Waals surface area contributed by atoms with Crippen LogP contribution in [0.1, 0.15) is 102 Å². The van der Waals surface area contributed by atoms with Crippen molar-refractivity contribution < 1.29 is 0 Å². The van der Waals surface area contributed by atoms with Gasteiger partial charge in [0, 0.05) is 18.0 Å². The van der Waals surface area contributed by atoms with Gasteiger partial charge in [-0.2, -0.15) is 0 Å². The summed E-state index contributed by atoms with van der Waals surface area (Å²) in [5, 5.41) is 0. The van der Waals surface area contributed by atoms with Crippen molar-refractivity contribution in [2.24, 2.45) is 5.92 Å². The molecule has 2 aromatic rings. The molecule has 28 heavy (non-hydrogen) atoms. The second-order valence-electron chi connectivity index (χ2n) is 8.71. The molecule has 2 nitrogen and oxygen atoms in total. The summed E-state index contributed by atoms with van der Waals surface area (Å²) in [5.74, 6) is 2.48. The minimum Gasteiger partial charge on any atom is -0.236 e. The Morgan fingerprint density at radius 2 is 1.46 bits per heavy atom. The van der Waals surface area contributed by atoms with Crippen LogP contribution < -0.4 is 0 Å². The maximum atomic E-state index is 4.69. The summed E-state index contributed by atoms with van der Waals surface area (Å²) in [6.07, 6.45) is 20.4. The molecule has 1 aliphatic rings. The van der Waals surface area contributed by atoms with Crippen LogP contribution in [0, 0.1) is 5.92 Å². The highest BCUT2D eigenvalue weighted by atomic mass is 14.9. The van der Waals surface area contributed by atoms with E-state index in [1.54, 1.807) is 0 Å². The van der Waals surface area contributed by atoms with Gasteiger partial charge in [-0.25, -0.2) is 9.97 Å². The fourth-order valence-corrected chi connectivity index (χ4v) is 4.63. The van der Waals surface area contributed by atoms with Crippen molar-refractivity contribution in [1.29, 1.82) is 0 Å². The molecule has 1 saturated carbocycles. The Bertz CT molecular complexity index is 667. The third kappa shape index (κ3) is 6.15. The zero-order valence-electron chi connectivity index (χ0n) is 18.0. The third-order valence-corrected chi connectivity index (χ3v) is 6.46. The molecule has 0 aliphatic heterocycles. The molecule has 1 heterocycles. The lowest BCUT2D eigenvalue weighted by Crippen LogP contribution is -2.14. The van der Waals surface area contributed by atoms with Crippen LogP contribution in [0.25, 0.3) is 11.4 Å². The molecule has 0 radical (unpaired) electrons. The van der Waals surface area contributed by atoms with Gasteiger partial charge in [-0.3, -0.25) is 0 Å². The van der Waals surface area contributed by atoms with Gasteiger partial charge >= 0.3 is 0 Å². The summed E-state index contributed by atoms with van der Waals surface area (Å²) in [6.45, 7) is 4.51. The lowest BCUT2D eigenvalue weighted by molar-refractivity contribution is 0.301. The fraction of sp³-hybridized carbons (Fsp3) is 0.615. The van der Waals surface area contributed by atoms with Crippen LogP contribution in [0.2, 0.25) is 0 Å². The van der Waals surface area contributed by atoms with Crippen molar-refractivity contribution in [1.82, 2.24) is 9.97 Å². The predicted octanol–water partition coefficient (Wildman–Crippen LogP) is 7.73. The van der Waals surface area contributed by atoms with Gasteiger partial charge in [0.25, 0.3) is 0 Å². The van der Waals surface area contributed by atoms with Gasteiger partial charge < -0.3 is 0 Å². The number of unbranched alkanes of at least 4 members (excludes halogenated alkanes) is 4. The smallest absolute Gasteiger partial charge is 0.159 e. The summed E-state index contributed by atoms with van der Waals surface area (Å²) >= 11 is 0. The number of benzene rings is 1. The Morgan fingerprint density at radius 3 is 2.11 bits per heavy atom. The van der Waals surface area contributed by atoms with E-state index in [0.29, 0.717) is 5.92 Å². The van der Waals surface area contributed by atoms with E-state index in [0.717, 1.165) is 23.7 Å². The number of aryl methyl sites for hydroxylation is 1. The summed E-state index contributed by atoms with van der Waals surface area (Å²) in [5.41, 5.74) is 3.86. The molecular formula is C26H38N2. The monoisotopic (exact) mass is 378 g/mol. The van der Waals surface area contributed by atoms with Gasteiger partial charge in [0.1, 0.15) is 0 Å². The Balaban J connectivity index is 1.46. The van der Waals surface area contributed by atoms with E-state index in [-0.39, 0.29) is 0 Å². The maximum Gasteiger partial charge on any atom is 0.159 e. The average molecular weight is 379 g/mol. The lowest BCUT2D eigenvalue weighted by Gasteiger charge is -2.28. The van der Waals surface area contributed by atoms with Crippen LogP contribution in [-0.2, 0) is 6.42 Å². The number of hydrogen-bond donors (Lipinski definition) is 0. The molecule has 1 fully saturated rings. The standard InChI is InChI=1S/C26H38N2/c1-3-5-6-7-8-10-22-11-15-23(16-12-22)25-19-27-26(28-20-25)24-17-13-21(9-4-2)14-18-24/h13-14,17-20,22-23H,3-12,15-16H2,1-2H3/t22-,23-. The van der Waals surface area contributed by atoms with E-state index < -0.39 is 0 Å². The molecule has 0 atom stereocenters. The molecule has 152 valence electrons. The topological polar surface area (TPSA) is 25.8 Å². The van der Waals surface area contributed by atoms with Crippen molar-refractivity contribution in [3.63, 3.8) is 0 Å². The van der Waals surface area contributed by atoms with Crippen molar-refractivity contribution >= 4 is 0 Å². The Labute approximate surface area is 172 Å².